The number of thiol groups is 1. The fraction of sp³-hybridized carbons (Fsp3) is 0.231. The first kappa shape index (κ1) is 28.9. The molecule has 1 aromatic heterocycles. The second-order valence-corrected chi connectivity index (χ2v) is 9.39. The Hall–Kier alpha value is -2.64. The Morgan fingerprint density at radius 2 is 1.81 bits per heavy atom. The Bertz CT molecular complexity index is 1260. The number of hydrogen-bond donors (Lipinski definition) is 4. The minimum atomic E-state index is -0.125. The summed E-state index contributed by atoms with van der Waals surface area (Å²) in [4.78, 5) is 22.6. The molecule has 1 fully saturated rings. The molecule has 1 amide bonds. The van der Waals surface area contributed by atoms with Crippen molar-refractivity contribution in [1.29, 1.82) is 5.41 Å². The topological polar surface area (TPSA) is 117 Å². The van der Waals surface area contributed by atoms with E-state index >= 15 is 0 Å². The molecule has 194 valence electrons. The largest absolute Gasteiger partial charge is 0.457 e. The van der Waals surface area contributed by atoms with Crippen LogP contribution in [0.15, 0.2) is 65.9 Å². The van der Waals surface area contributed by atoms with Gasteiger partial charge in [-0.2, -0.15) is 0 Å². The second kappa shape index (κ2) is 13.8. The minimum Gasteiger partial charge on any atom is -0.457 e. The van der Waals surface area contributed by atoms with Crippen LogP contribution < -0.4 is 15.8 Å². The number of benzene rings is 2. The number of likely N-dealkylation sites (tertiary alicyclic amines) is 1. The molecule has 1 aliphatic heterocycles. The number of amides is 1. The Balaban J connectivity index is 0.00000186. The van der Waals surface area contributed by atoms with Gasteiger partial charge in [0, 0.05) is 24.7 Å². The number of hydrogen-bond acceptors (Lipinski definition) is 8. The first-order chi connectivity index (χ1) is 17.8. The van der Waals surface area contributed by atoms with Crippen molar-refractivity contribution in [2.45, 2.75) is 25.8 Å². The summed E-state index contributed by atoms with van der Waals surface area (Å²) in [5.74, 6) is 1.97. The minimum absolute atomic E-state index is 0.0364. The highest BCUT2D eigenvalue weighted by Gasteiger charge is 2.26. The van der Waals surface area contributed by atoms with Crippen molar-refractivity contribution in [3.63, 3.8) is 0 Å². The number of nitrogens with zero attached hydrogens (tertiary/aromatic N) is 3. The van der Waals surface area contributed by atoms with Crippen molar-refractivity contribution >= 4 is 70.2 Å². The van der Waals surface area contributed by atoms with Crippen LogP contribution in [0.4, 0.5) is 11.6 Å². The van der Waals surface area contributed by atoms with Crippen LogP contribution in [0.3, 0.4) is 0 Å². The van der Waals surface area contributed by atoms with Crippen molar-refractivity contribution in [1.82, 2.24) is 14.9 Å². The zero-order valence-electron chi connectivity index (χ0n) is 20.2. The van der Waals surface area contributed by atoms with Gasteiger partial charge in [-0.15, -0.1) is 9.80 Å². The number of nitrogens with two attached hydrogens (primary N) is 1. The fourth-order valence-electron chi connectivity index (χ4n) is 3.98. The molecule has 2 heterocycles. The number of carbonyl (C=O) groups is 1. The maximum atomic E-state index is 12.3. The molecule has 1 aliphatic rings. The molecule has 0 bridgehead atoms. The molecular weight excluding hydrogens is 667 g/mol. The van der Waals surface area contributed by atoms with Crippen molar-refractivity contribution in [3.05, 3.63) is 82.6 Å². The zero-order chi connectivity index (χ0) is 26.9. The number of anilines is 2. The fourth-order valence-corrected chi connectivity index (χ4v) is 4.23. The van der Waals surface area contributed by atoms with Crippen LogP contribution in [0.5, 0.6) is 11.5 Å². The van der Waals surface area contributed by atoms with Crippen LogP contribution in [-0.4, -0.2) is 45.6 Å². The van der Waals surface area contributed by atoms with Crippen molar-refractivity contribution in [2.75, 3.05) is 24.1 Å². The van der Waals surface area contributed by atoms with Gasteiger partial charge in [0.2, 0.25) is 0 Å². The third kappa shape index (κ3) is 7.68. The smallest absolute Gasteiger partial charge is 0.260 e. The third-order valence-corrected chi connectivity index (χ3v) is 6.15. The Morgan fingerprint density at radius 3 is 2.43 bits per heavy atom. The van der Waals surface area contributed by atoms with Gasteiger partial charge in [0.15, 0.2) is 0 Å². The maximum absolute atomic E-state index is 12.3. The number of halogens is 2. The molecule has 1 atom stereocenters. The average Bonchev–Trinajstić information content (AvgIpc) is 2.91. The number of aryl methyl sites for hydroxylation is 1. The summed E-state index contributed by atoms with van der Waals surface area (Å²) in [5.41, 5.74) is 8.62. The molecule has 8 nitrogen and oxygen atoms in total. The Labute approximate surface area is 242 Å². The highest BCUT2D eigenvalue weighted by atomic mass is 127. The number of nitrogens with one attached hydrogen (secondary N) is 2. The number of rotatable bonds is 7. The van der Waals surface area contributed by atoms with E-state index in [2.05, 4.69) is 47.6 Å². The molecule has 0 spiro atoms. The molecule has 4 rings (SSSR count). The van der Waals surface area contributed by atoms with Gasteiger partial charge in [0.1, 0.15) is 29.5 Å². The summed E-state index contributed by atoms with van der Waals surface area (Å²) in [7, 11) is 3.50. The number of ether oxygens (including phenoxy) is 1. The molecule has 11 heteroatoms. The molecule has 0 aliphatic carbocycles. The lowest BCUT2D eigenvalue weighted by Crippen LogP contribution is -2.45. The lowest BCUT2D eigenvalue weighted by molar-refractivity contribution is -0.127. The molecule has 0 saturated carbocycles. The zero-order valence-corrected chi connectivity index (χ0v) is 24.9. The van der Waals surface area contributed by atoms with Gasteiger partial charge in [0.05, 0.1) is 15.8 Å². The summed E-state index contributed by atoms with van der Waals surface area (Å²) in [5, 5.41) is 12.2. The molecule has 0 radical (unpaired) electrons. The first-order valence-electron chi connectivity index (χ1n) is 11.4. The van der Waals surface area contributed by atoms with Crippen LogP contribution in [0.2, 0.25) is 0 Å². The van der Waals surface area contributed by atoms with Gasteiger partial charge in [0.25, 0.3) is 5.91 Å². The van der Waals surface area contributed by atoms with E-state index in [-0.39, 0.29) is 23.5 Å². The lowest BCUT2D eigenvalue weighted by Gasteiger charge is -2.33. The molecule has 2 aromatic carbocycles. The summed E-state index contributed by atoms with van der Waals surface area (Å²) >= 11 is 5.02. The first-order valence-corrected chi connectivity index (χ1v) is 15.5. The Morgan fingerprint density at radius 1 is 1.19 bits per heavy atom. The third-order valence-electron chi connectivity index (χ3n) is 5.81. The Kier molecular flexibility index (Phi) is 10.8. The maximum Gasteiger partial charge on any atom is 0.260 e. The van der Waals surface area contributed by atoms with E-state index in [0.717, 1.165) is 24.2 Å². The monoisotopic (exact) mass is 694 g/mol. The quantitative estimate of drug-likeness (QED) is 0.102. The molecule has 1 saturated heterocycles. The standard InChI is InChI=1S/C26H27BrN6O2.HIS/c1-16-5-9-20(10-6-16)35-21-11-7-18(8-12-21)23(28)22-24(29)30-15-31-25(22)32-19-4-3-13-33(14-19)26(34)17(2)27;1-2/h5-12,15,19,28H,2-4,13-14H2,1H3,(H3,29,30,31,32);2H. The van der Waals surface area contributed by atoms with E-state index in [0.29, 0.717) is 40.3 Å². The van der Waals surface area contributed by atoms with Gasteiger partial charge in [-0.25, -0.2) is 9.97 Å². The summed E-state index contributed by atoms with van der Waals surface area (Å²) in [6, 6.07) is 15.0. The van der Waals surface area contributed by atoms with Crippen molar-refractivity contribution < 1.29 is 9.53 Å². The van der Waals surface area contributed by atoms with Crippen LogP contribution in [0.25, 0.3) is 0 Å². The van der Waals surface area contributed by atoms with Gasteiger partial charge < -0.3 is 20.7 Å². The normalized spacial score (nSPS) is 14.7. The van der Waals surface area contributed by atoms with Gasteiger partial charge >= 0.3 is 0 Å². The highest BCUT2D eigenvalue weighted by Crippen LogP contribution is 2.27. The van der Waals surface area contributed by atoms with Crippen LogP contribution in [0.1, 0.15) is 29.5 Å². The van der Waals surface area contributed by atoms with Crippen LogP contribution in [0, 0.1) is 12.3 Å². The average molecular weight is 695 g/mol. The molecule has 3 aromatic rings. The number of piperidine rings is 1. The second-order valence-electron chi connectivity index (χ2n) is 8.44. The number of carbonyl (C=O) groups excluding carboxylic acids is 1. The van der Waals surface area contributed by atoms with E-state index < -0.39 is 0 Å². The number of nitrogen functional groups attached to an aromatic ring is 1. The van der Waals surface area contributed by atoms with E-state index in [1.807, 2.05) is 76.7 Å². The summed E-state index contributed by atoms with van der Waals surface area (Å²) < 4.78 is 6.23. The molecule has 4 N–H and O–H groups in total. The lowest BCUT2D eigenvalue weighted by atomic mass is 10.0. The van der Waals surface area contributed by atoms with Gasteiger partial charge in [-0.1, -0.05) is 24.3 Å². The van der Waals surface area contributed by atoms with E-state index in [1.54, 1.807) is 4.90 Å². The van der Waals surface area contributed by atoms with Crippen molar-refractivity contribution in [3.8, 4) is 11.5 Å². The molecule has 37 heavy (non-hydrogen) atoms. The van der Waals surface area contributed by atoms with Crippen LogP contribution in [-0.2, 0) is 4.79 Å². The predicted octanol–water partition coefficient (Wildman–Crippen LogP) is 6.15. The predicted molar refractivity (Wildman–Crippen MR) is 164 cm³/mol. The highest BCUT2D eigenvalue weighted by molar-refractivity contribution is 14.2. The van der Waals surface area contributed by atoms with E-state index in [4.69, 9.17) is 15.9 Å². The number of aromatic nitrogens is 2. The van der Waals surface area contributed by atoms with Crippen LogP contribution >= 0.6 is 46.9 Å². The SMILES string of the molecule is C=C(Br)C(=O)N1CCCC(Nc2ncnc(N)c2C(=N)c2ccc(Oc3ccc(C)cc3)cc2)C1.SI. The summed E-state index contributed by atoms with van der Waals surface area (Å²) in [6.07, 6.45) is 3.08. The van der Waals surface area contributed by atoms with E-state index in [9.17, 15) is 4.79 Å². The van der Waals surface area contributed by atoms with Crippen molar-refractivity contribution in [2.24, 2.45) is 0 Å². The summed E-state index contributed by atoms with van der Waals surface area (Å²) in [6.45, 7) is 6.89. The van der Waals surface area contributed by atoms with Gasteiger partial charge in [-0.3, -0.25) is 10.2 Å². The van der Waals surface area contributed by atoms with Gasteiger partial charge in [-0.05, 0) is 93.3 Å². The molecule has 1 unspecified atom stereocenters. The molecular formula is C26H28BrIN6O2S. The van der Waals surface area contributed by atoms with E-state index in [1.165, 1.54) is 6.33 Å².